The van der Waals surface area contributed by atoms with Gasteiger partial charge in [0.1, 0.15) is 11.9 Å². The van der Waals surface area contributed by atoms with Gasteiger partial charge in [0.25, 0.3) is 5.82 Å². The number of imidazole rings is 1. The molecule has 0 spiro atoms. The Labute approximate surface area is 183 Å². The van der Waals surface area contributed by atoms with Gasteiger partial charge in [0.05, 0.1) is 19.5 Å². The van der Waals surface area contributed by atoms with E-state index in [0.29, 0.717) is 5.92 Å². The molecular formula is C28H39N2+. The average Bonchev–Trinajstić information content (AvgIpc) is 3.09. The number of nitrogens with zero attached hydrogens (tertiary/aromatic N) is 2. The lowest BCUT2D eigenvalue weighted by molar-refractivity contribution is -0.704. The first-order chi connectivity index (χ1) is 14.7. The molecule has 30 heavy (non-hydrogen) atoms. The molecule has 3 aromatic rings. The first kappa shape index (κ1) is 22.3. The summed E-state index contributed by atoms with van der Waals surface area (Å²) in [5, 5.41) is 0. The van der Waals surface area contributed by atoms with E-state index in [-0.39, 0.29) is 0 Å². The number of rotatable bonds is 12. The van der Waals surface area contributed by atoms with Gasteiger partial charge in [0.15, 0.2) is 0 Å². The van der Waals surface area contributed by atoms with Crippen molar-refractivity contribution in [2.75, 3.05) is 0 Å². The highest BCUT2D eigenvalue weighted by Gasteiger charge is 2.24. The Morgan fingerprint density at radius 1 is 0.833 bits per heavy atom. The van der Waals surface area contributed by atoms with E-state index in [4.69, 9.17) is 0 Å². The molecule has 0 saturated carbocycles. The number of hydrogen-bond acceptors (Lipinski definition) is 0. The van der Waals surface area contributed by atoms with Gasteiger partial charge in [-0.1, -0.05) is 94.3 Å². The van der Waals surface area contributed by atoms with E-state index < -0.39 is 0 Å². The van der Waals surface area contributed by atoms with Crippen molar-refractivity contribution in [2.45, 2.75) is 84.7 Å². The predicted octanol–water partition coefficient (Wildman–Crippen LogP) is 6.70. The molecule has 0 amide bonds. The van der Waals surface area contributed by atoms with Gasteiger partial charge in [-0.2, -0.15) is 0 Å². The van der Waals surface area contributed by atoms with Gasteiger partial charge in [-0.3, -0.25) is 0 Å². The minimum atomic E-state index is 0.523. The van der Waals surface area contributed by atoms with Crippen molar-refractivity contribution in [3.63, 3.8) is 0 Å². The standard InChI is InChI=1S/C28H39N2/c1-4-6-7-14-20-29-23-27(21-24(3)26-17-12-9-13-18-26)30(19-5-2)28(29)22-25-15-10-8-11-16-25/h8-13,15-18,23-24H,4-7,14,19-22H2,1-3H3/q+1. The molecule has 0 bridgehead atoms. The molecule has 1 unspecified atom stereocenters. The number of unbranched alkanes of at least 4 members (excludes halogenated alkanes) is 3. The molecule has 0 saturated heterocycles. The minimum Gasteiger partial charge on any atom is -0.234 e. The third kappa shape index (κ3) is 6.08. The summed E-state index contributed by atoms with van der Waals surface area (Å²) in [6.45, 7) is 9.17. The van der Waals surface area contributed by atoms with Crippen molar-refractivity contribution in [3.8, 4) is 0 Å². The van der Waals surface area contributed by atoms with E-state index in [1.54, 1.807) is 0 Å². The second kappa shape index (κ2) is 11.7. The van der Waals surface area contributed by atoms with E-state index in [1.165, 1.54) is 54.7 Å². The summed E-state index contributed by atoms with van der Waals surface area (Å²) in [7, 11) is 0. The van der Waals surface area contributed by atoms with Crippen LogP contribution in [-0.4, -0.2) is 4.57 Å². The van der Waals surface area contributed by atoms with Crippen molar-refractivity contribution in [3.05, 3.63) is 89.5 Å². The minimum absolute atomic E-state index is 0.523. The van der Waals surface area contributed by atoms with Crippen LogP contribution in [0.1, 0.15) is 81.4 Å². The molecule has 0 aliphatic carbocycles. The molecule has 1 heterocycles. The Morgan fingerprint density at radius 2 is 1.53 bits per heavy atom. The molecule has 2 heteroatoms. The third-order valence-corrected chi connectivity index (χ3v) is 6.08. The van der Waals surface area contributed by atoms with Crippen LogP contribution in [0.4, 0.5) is 0 Å². The molecule has 0 radical (unpaired) electrons. The lowest BCUT2D eigenvalue weighted by atomic mass is 9.96. The molecule has 0 N–H and O–H groups in total. The Bertz CT molecular complexity index is 864. The molecule has 1 atom stereocenters. The van der Waals surface area contributed by atoms with Crippen LogP contribution in [0.2, 0.25) is 0 Å². The van der Waals surface area contributed by atoms with Gasteiger partial charge in [0.2, 0.25) is 0 Å². The molecule has 0 aliphatic heterocycles. The van der Waals surface area contributed by atoms with Crippen molar-refractivity contribution in [1.82, 2.24) is 4.57 Å². The van der Waals surface area contributed by atoms with Crippen LogP contribution in [-0.2, 0) is 25.9 Å². The second-order valence-electron chi connectivity index (χ2n) is 8.62. The predicted molar refractivity (Wildman–Crippen MR) is 127 cm³/mol. The van der Waals surface area contributed by atoms with Gasteiger partial charge in [-0.05, 0) is 36.3 Å². The van der Waals surface area contributed by atoms with Gasteiger partial charge >= 0.3 is 0 Å². The van der Waals surface area contributed by atoms with Crippen molar-refractivity contribution in [2.24, 2.45) is 0 Å². The lowest BCUT2D eigenvalue weighted by Gasteiger charge is -2.11. The highest BCUT2D eigenvalue weighted by molar-refractivity contribution is 5.22. The quantitative estimate of drug-likeness (QED) is 0.235. The van der Waals surface area contributed by atoms with E-state index in [9.17, 15) is 0 Å². The van der Waals surface area contributed by atoms with Crippen LogP contribution in [0, 0.1) is 0 Å². The molecule has 1 aromatic heterocycles. The zero-order valence-corrected chi connectivity index (χ0v) is 19.2. The van der Waals surface area contributed by atoms with E-state index in [2.05, 4.69) is 96.8 Å². The number of aryl methyl sites for hydroxylation is 1. The average molecular weight is 404 g/mol. The normalized spacial score (nSPS) is 12.2. The fourth-order valence-corrected chi connectivity index (χ4v) is 4.40. The van der Waals surface area contributed by atoms with Gasteiger partial charge in [0, 0.05) is 6.42 Å². The van der Waals surface area contributed by atoms with Crippen LogP contribution in [0.25, 0.3) is 0 Å². The molecule has 2 nitrogen and oxygen atoms in total. The van der Waals surface area contributed by atoms with Crippen LogP contribution in [0.5, 0.6) is 0 Å². The molecular weight excluding hydrogens is 364 g/mol. The third-order valence-electron chi connectivity index (χ3n) is 6.08. The van der Waals surface area contributed by atoms with Crippen LogP contribution in [0.15, 0.2) is 66.9 Å². The Kier molecular flexibility index (Phi) is 8.74. The molecule has 0 aliphatic rings. The Morgan fingerprint density at radius 3 is 2.20 bits per heavy atom. The molecule has 3 rings (SSSR count). The van der Waals surface area contributed by atoms with E-state index in [1.807, 2.05) is 0 Å². The smallest absolute Gasteiger partial charge is 0.234 e. The van der Waals surface area contributed by atoms with Gasteiger partial charge in [-0.25, -0.2) is 9.13 Å². The monoisotopic (exact) mass is 403 g/mol. The highest BCUT2D eigenvalue weighted by atomic mass is 15.2. The van der Waals surface area contributed by atoms with Crippen molar-refractivity contribution in [1.29, 1.82) is 0 Å². The van der Waals surface area contributed by atoms with Crippen molar-refractivity contribution >= 4 is 0 Å². The largest absolute Gasteiger partial charge is 0.261 e. The summed E-state index contributed by atoms with van der Waals surface area (Å²) in [5.74, 6) is 1.99. The molecule has 2 aromatic carbocycles. The Hall–Kier alpha value is -2.35. The van der Waals surface area contributed by atoms with Crippen molar-refractivity contribution < 1.29 is 4.57 Å². The summed E-state index contributed by atoms with van der Waals surface area (Å²) in [4.78, 5) is 0. The summed E-state index contributed by atoms with van der Waals surface area (Å²) in [6.07, 6.45) is 10.9. The van der Waals surface area contributed by atoms with Crippen LogP contribution in [0.3, 0.4) is 0 Å². The first-order valence-corrected chi connectivity index (χ1v) is 11.9. The number of hydrogen-bond donors (Lipinski definition) is 0. The van der Waals surface area contributed by atoms with Crippen LogP contribution >= 0.6 is 0 Å². The summed E-state index contributed by atoms with van der Waals surface area (Å²) in [5.41, 5.74) is 4.31. The topological polar surface area (TPSA) is 8.81 Å². The summed E-state index contributed by atoms with van der Waals surface area (Å²) in [6, 6.07) is 21.9. The maximum Gasteiger partial charge on any atom is 0.261 e. The lowest BCUT2D eigenvalue weighted by Crippen LogP contribution is -2.37. The maximum atomic E-state index is 2.62. The zero-order chi connectivity index (χ0) is 21.2. The van der Waals surface area contributed by atoms with Gasteiger partial charge < -0.3 is 0 Å². The number of aromatic nitrogens is 2. The second-order valence-corrected chi connectivity index (χ2v) is 8.62. The molecule has 160 valence electrons. The molecule has 0 fully saturated rings. The maximum absolute atomic E-state index is 2.62. The summed E-state index contributed by atoms with van der Waals surface area (Å²) < 4.78 is 5.18. The number of benzene rings is 2. The zero-order valence-electron chi connectivity index (χ0n) is 19.2. The first-order valence-electron chi connectivity index (χ1n) is 11.9. The summed E-state index contributed by atoms with van der Waals surface area (Å²) >= 11 is 0. The van der Waals surface area contributed by atoms with Crippen LogP contribution < -0.4 is 4.57 Å². The van der Waals surface area contributed by atoms with E-state index in [0.717, 1.165) is 25.9 Å². The fraction of sp³-hybridized carbons (Fsp3) is 0.464. The highest BCUT2D eigenvalue weighted by Crippen LogP contribution is 2.22. The Balaban J connectivity index is 1.89. The van der Waals surface area contributed by atoms with E-state index >= 15 is 0 Å². The SMILES string of the molecule is CCCCCC[n+]1cc(CC(C)c2ccccc2)n(CCC)c1Cc1ccccc1. The van der Waals surface area contributed by atoms with Gasteiger partial charge in [-0.15, -0.1) is 0 Å². The fourth-order valence-electron chi connectivity index (χ4n) is 4.40.